The Morgan fingerprint density at radius 2 is 1.49 bits per heavy atom. The third-order valence-corrected chi connectivity index (χ3v) is 6.34. The fourth-order valence-corrected chi connectivity index (χ4v) is 4.24. The van der Waals surface area contributed by atoms with Crippen molar-refractivity contribution in [3.63, 3.8) is 0 Å². The van der Waals surface area contributed by atoms with Gasteiger partial charge in [-0.1, -0.05) is 59.1 Å². The van der Waals surface area contributed by atoms with Gasteiger partial charge < -0.3 is 16.4 Å². The van der Waals surface area contributed by atoms with Crippen LogP contribution in [-0.4, -0.2) is 9.97 Å². The third-order valence-electron chi connectivity index (χ3n) is 5.76. The largest absolute Gasteiger partial charge is 0.393 e. The summed E-state index contributed by atoms with van der Waals surface area (Å²) in [5, 5.41) is 17.5. The maximum absolute atomic E-state index is 9.85. The zero-order valence-corrected chi connectivity index (χ0v) is 21.0. The Hall–Kier alpha value is -3.79. The first kappa shape index (κ1) is 24.3. The van der Waals surface area contributed by atoms with Crippen molar-refractivity contribution in [2.75, 3.05) is 16.4 Å². The number of nitriles is 1. The van der Waals surface area contributed by atoms with Crippen LogP contribution in [-0.2, 0) is 0 Å². The van der Waals surface area contributed by atoms with E-state index >= 15 is 0 Å². The van der Waals surface area contributed by atoms with E-state index in [1.165, 1.54) is 11.9 Å². The standard InChI is InChI=1S/C27H24Cl2N6/c1-15-4-9-23(16(2)10-15)34-26-25(31)27(33-14-32-26)35-24-12-22(29)20(11-17(24)3)21(13-30)18-5-7-19(28)8-6-18/h4-12,14,21H,31H2,1-3H3,(H2,32,33,34,35). The number of benzene rings is 3. The highest BCUT2D eigenvalue weighted by Gasteiger charge is 2.19. The molecule has 0 saturated heterocycles. The van der Waals surface area contributed by atoms with Crippen molar-refractivity contribution >= 4 is 51.9 Å². The molecule has 6 nitrogen and oxygen atoms in total. The van der Waals surface area contributed by atoms with Crippen LogP contribution in [0.25, 0.3) is 0 Å². The predicted molar refractivity (Wildman–Crippen MR) is 144 cm³/mol. The van der Waals surface area contributed by atoms with Crippen LogP contribution in [0.4, 0.5) is 28.7 Å². The molecule has 4 rings (SSSR count). The second-order valence-electron chi connectivity index (χ2n) is 8.36. The predicted octanol–water partition coefficient (Wildman–Crippen LogP) is 7.43. The van der Waals surface area contributed by atoms with Crippen LogP contribution in [0, 0.1) is 32.1 Å². The smallest absolute Gasteiger partial charge is 0.159 e. The summed E-state index contributed by atoms with van der Waals surface area (Å²) in [6.45, 7) is 6.01. The highest BCUT2D eigenvalue weighted by atomic mass is 35.5. The number of nitrogens with zero attached hydrogens (tertiary/aromatic N) is 3. The first-order valence-corrected chi connectivity index (χ1v) is 11.7. The second-order valence-corrected chi connectivity index (χ2v) is 9.20. The van der Waals surface area contributed by atoms with Crippen LogP contribution in [0.15, 0.2) is 60.9 Å². The first-order valence-electron chi connectivity index (χ1n) is 10.9. The van der Waals surface area contributed by atoms with Crippen LogP contribution < -0.4 is 16.4 Å². The minimum Gasteiger partial charge on any atom is -0.393 e. The molecule has 0 spiro atoms. The summed E-state index contributed by atoms with van der Waals surface area (Å²) in [5.74, 6) is 0.431. The van der Waals surface area contributed by atoms with Gasteiger partial charge in [-0.2, -0.15) is 5.26 Å². The maximum Gasteiger partial charge on any atom is 0.159 e. The van der Waals surface area contributed by atoms with Crippen LogP contribution in [0.5, 0.6) is 0 Å². The van der Waals surface area contributed by atoms with E-state index in [1.807, 2.05) is 51.1 Å². The Morgan fingerprint density at radius 1 is 0.857 bits per heavy atom. The number of aromatic nitrogens is 2. The zero-order chi connectivity index (χ0) is 25.1. The second kappa shape index (κ2) is 10.2. The van der Waals surface area contributed by atoms with E-state index in [2.05, 4.69) is 32.7 Å². The number of nitrogens with two attached hydrogens (primary N) is 1. The topological polar surface area (TPSA) is 99.6 Å². The number of nitrogen functional groups attached to an aromatic ring is 1. The molecule has 1 aromatic heterocycles. The molecule has 1 heterocycles. The molecule has 4 N–H and O–H groups in total. The van der Waals surface area contributed by atoms with Crippen molar-refractivity contribution < 1.29 is 0 Å². The summed E-state index contributed by atoms with van der Waals surface area (Å²) < 4.78 is 0. The lowest BCUT2D eigenvalue weighted by molar-refractivity contribution is 1.03. The molecule has 0 saturated carbocycles. The molecular weight excluding hydrogens is 479 g/mol. The van der Waals surface area contributed by atoms with Crippen molar-refractivity contribution in [2.45, 2.75) is 26.7 Å². The van der Waals surface area contributed by atoms with Gasteiger partial charge in [0.2, 0.25) is 0 Å². The van der Waals surface area contributed by atoms with Gasteiger partial charge in [-0.05, 0) is 67.3 Å². The van der Waals surface area contributed by atoms with Crippen molar-refractivity contribution in [3.8, 4) is 6.07 Å². The van der Waals surface area contributed by atoms with Gasteiger partial charge in [-0.3, -0.25) is 0 Å². The molecular formula is C27H24Cl2N6. The van der Waals surface area contributed by atoms with Gasteiger partial charge >= 0.3 is 0 Å². The third kappa shape index (κ3) is 5.32. The van der Waals surface area contributed by atoms with Crippen molar-refractivity contribution in [3.05, 3.63) is 98.8 Å². The molecule has 0 aliphatic rings. The van der Waals surface area contributed by atoms with Gasteiger partial charge in [-0.15, -0.1) is 0 Å². The number of nitrogens with one attached hydrogen (secondary N) is 2. The average Bonchev–Trinajstić information content (AvgIpc) is 2.82. The van der Waals surface area contributed by atoms with E-state index in [0.717, 1.165) is 28.1 Å². The minimum absolute atomic E-state index is 0.378. The number of halogens is 2. The van der Waals surface area contributed by atoms with Gasteiger partial charge in [-0.25, -0.2) is 9.97 Å². The molecule has 1 atom stereocenters. The maximum atomic E-state index is 9.85. The van der Waals surface area contributed by atoms with Crippen LogP contribution in [0.1, 0.15) is 33.7 Å². The Morgan fingerprint density at radius 3 is 2.11 bits per heavy atom. The quantitative estimate of drug-likeness (QED) is 0.253. The SMILES string of the molecule is Cc1ccc(Nc2ncnc(Nc3cc(Cl)c(C(C#N)c4ccc(Cl)cc4)cc3C)c2N)c(C)c1. The van der Waals surface area contributed by atoms with Crippen LogP contribution in [0.3, 0.4) is 0 Å². The molecule has 8 heteroatoms. The highest BCUT2D eigenvalue weighted by molar-refractivity contribution is 6.32. The zero-order valence-electron chi connectivity index (χ0n) is 19.5. The first-order chi connectivity index (χ1) is 16.8. The van der Waals surface area contributed by atoms with Crippen molar-refractivity contribution in [1.29, 1.82) is 5.26 Å². The van der Waals surface area contributed by atoms with Crippen molar-refractivity contribution in [1.82, 2.24) is 9.97 Å². The summed E-state index contributed by atoms with van der Waals surface area (Å²) in [5.41, 5.74) is 13.1. The number of anilines is 5. The molecule has 176 valence electrons. The minimum atomic E-state index is -0.523. The molecule has 0 amide bonds. The molecule has 35 heavy (non-hydrogen) atoms. The summed E-state index contributed by atoms with van der Waals surface area (Å²) in [7, 11) is 0. The molecule has 0 radical (unpaired) electrons. The van der Waals surface area contributed by atoms with Crippen LogP contribution in [0.2, 0.25) is 10.0 Å². The molecule has 0 bridgehead atoms. The van der Waals surface area contributed by atoms with Gasteiger partial charge in [0.05, 0.1) is 12.0 Å². The lowest BCUT2D eigenvalue weighted by atomic mass is 9.91. The summed E-state index contributed by atoms with van der Waals surface area (Å²) >= 11 is 12.6. The number of hydrogen-bond acceptors (Lipinski definition) is 6. The van der Waals surface area contributed by atoms with Gasteiger partial charge in [0.15, 0.2) is 11.6 Å². The molecule has 0 aliphatic carbocycles. The molecule has 4 aromatic rings. The fourth-order valence-electron chi connectivity index (χ4n) is 3.84. The Kier molecular flexibility index (Phi) is 7.11. The Balaban J connectivity index is 1.62. The molecule has 0 fully saturated rings. The van der Waals surface area contributed by atoms with Gasteiger partial charge in [0, 0.05) is 21.4 Å². The number of rotatable bonds is 6. The molecule has 0 aliphatic heterocycles. The summed E-state index contributed by atoms with van der Waals surface area (Å²) in [4.78, 5) is 8.63. The lowest BCUT2D eigenvalue weighted by Crippen LogP contribution is -2.07. The molecule has 3 aromatic carbocycles. The van der Waals surface area contributed by atoms with E-state index in [1.54, 1.807) is 18.2 Å². The summed E-state index contributed by atoms with van der Waals surface area (Å²) in [6, 6.07) is 19.3. The number of hydrogen-bond donors (Lipinski definition) is 3. The van der Waals surface area contributed by atoms with Gasteiger partial charge in [0.1, 0.15) is 12.0 Å². The van der Waals surface area contributed by atoms with E-state index in [-0.39, 0.29) is 0 Å². The van der Waals surface area contributed by atoms with E-state index < -0.39 is 5.92 Å². The average molecular weight is 503 g/mol. The van der Waals surface area contributed by atoms with E-state index in [0.29, 0.717) is 32.9 Å². The molecule has 1 unspecified atom stereocenters. The Bertz CT molecular complexity index is 1430. The van der Waals surface area contributed by atoms with Crippen molar-refractivity contribution in [2.24, 2.45) is 0 Å². The Labute approximate surface area is 214 Å². The summed E-state index contributed by atoms with van der Waals surface area (Å²) in [6.07, 6.45) is 1.45. The lowest BCUT2D eigenvalue weighted by Gasteiger charge is -2.18. The fraction of sp³-hybridized carbons (Fsp3) is 0.148. The van der Waals surface area contributed by atoms with E-state index in [4.69, 9.17) is 28.9 Å². The monoisotopic (exact) mass is 502 g/mol. The van der Waals surface area contributed by atoms with Crippen LogP contribution >= 0.6 is 23.2 Å². The highest BCUT2D eigenvalue weighted by Crippen LogP contribution is 2.36. The normalized spacial score (nSPS) is 11.5. The van der Waals surface area contributed by atoms with E-state index in [9.17, 15) is 5.26 Å². The van der Waals surface area contributed by atoms with Gasteiger partial charge in [0.25, 0.3) is 0 Å². The number of aryl methyl sites for hydroxylation is 3.